The molecule has 1 aliphatic rings. The van der Waals surface area contributed by atoms with Gasteiger partial charge in [0.05, 0.1) is 27.5 Å². The predicted octanol–water partition coefficient (Wildman–Crippen LogP) is 4.41. The summed E-state index contributed by atoms with van der Waals surface area (Å²) >= 11 is 0. The van der Waals surface area contributed by atoms with Crippen molar-refractivity contribution in [3.05, 3.63) is 78.6 Å². The molecule has 1 amide bonds. The van der Waals surface area contributed by atoms with Gasteiger partial charge in [0.25, 0.3) is 0 Å². The van der Waals surface area contributed by atoms with E-state index in [9.17, 15) is 17.6 Å². The predicted molar refractivity (Wildman–Crippen MR) is 128 cm³/mol. The fourth-order valence-corrected chi connectivity index (χ4v) is 5.77. The maximum atomic E-state index is 13.2. The summed E-state index contributed by atoms with van der Waals surface area (Å²) < 4.78 is 40.6. The van der Waals surface area contributed by atoms with Crippen molar-refractivity contribution in [1.29, 1.82) is 0 Å². The van der Waals surface area contributed by atoms with Crippen molar-refractivity contribution in [2.24, 2.45) is 5.92 Å². The number of carbonyl (C=O) groups is 1. The number of H-pyrrole nitrogens is 1. The summed E-state index contributed by atoms with van der Waals surface area (Å²) in [5, 5.41) is 2.97. The van der Waals surface area contributed by atoms with E-state index in [0.717, 1.165) is 28.7 Å². The van der Waals surface area contributed by atoms with Gasteiger partial charge in [0.1, 0.15) is 11.6 Å². The second-order valence-corrected chi connectivity index (χ2v) is 10.2. The van der Waals surface area contributed by atoms with E-state index in [4.69, 9.17) is 0 Å². The molecule has 1 unspecified atom stereocenters. The lowest BCUT2D eigenvalue weighted by atomic mass is 9.98. The number of rotatable bonds is 5. The third-order valence-electron chi connectivity index (χ3n) is 6.04. The Balaban J connectivity index is 1.35. The van der Waals surface area contributed by atoms with Gasteiger partial charge in [0, 0.05) is 18.7 Å². The van der Waals surface area contributed by atoms with Crippen molar-refractivity contribution >= 4 is 32.7 Å². The Morgan fingerprint density at radius 3 is 2.56 bits per heavy atom. The Labute approximate surface area is 196 Å². The number of benzene rings is 3. The van der Waals surface area contributed by atoms with Gasteiger partial charge in [-0.3, -0.25) is 4.79 Å². The molecule has 1 aliphatic heterocycles. The molecule has 1 fully saturated rings. The highest BCUT2D eigenvalue weighted by molar-refractivity contribution is 7.89. The fourth-order valence-electron chi connectivity index (χ4n) is 4.24. The molecule has 2 heterocycles. The number of aromatic amines is 1. The average molecular weight is 479 g/mol. The second kappa shape index (κ2) is 9.00. The van der Waals surface area contributed by atoms with Crippen LogP contribution in [-0.4, -0.2) is 41.7 Å². The number of amides is 1. The Morgan fingerprint density at radius 2 is 1.76 bits per heavy atom. The van der Waals surface area contributed by atoms with Gasteiger partial charge in [-0.25, -0.2) is 17.8 Å². The molecular formula is C25H23FN4O3S. The van der Waals surface area contributed by atoms with E-state index in [2.05, 4.69) is 15.3 Å². The van der Waals surface area contributed by atoms with Gasteiger partial charge in [0.2, 0.25) is 15.9 Å². The van der Waals surface area contributed by atoms with Crippen LogP contribution in [0.3, 0.4) is 0 Å². The van der Waals surface area contributed by atoms with Gasteiger partial charge in [0.15, 0.2) is 0 Å². The first kappa shape index (κ1) is 22.2. The fraction of sp³-hybridized carbons (Fsp3) is 0.200. The molecule has 5 rings (SSSR count). The van der Waals surface area contributed by atoms with Crippen LogP contribution in [0.2, 0.25) is 0 Å². The van der Waals surface area contributed by atoms with Crippen LogP contribution in [0.25, 0.3) is 22.4 Å². The summed E-state index contributed by atoms with van der Waals surface area (Å²) in [5.74, 6) is -0.616. The molecule has 2 N–H and O–H groups in total. The molecular weight excluding hydrogens is 455 g/mol. The van der Waals surface area contributed by atoms with Crippen LogP contribution in [-0.2, 0) is 14.8 Å². The first-order chi connectivity index (χ1) is 16.4. The summed E-state index contributed by atoms with van der Waals surface area (Å²) in [6, 6.07) is 19.8. The van der Waals surface area contributed by atoms with Crippen molar-refractivity contribution in [2.75, 3.05) is 18.4 Å². The van der Waals surface area contributed by atoms with Crippen LogP contribution < -0.4 is 5.32 Å². The average Bonchev–Trinajstić information content (AvgIpc) is 3.29. The maximum absolute atomic E-state index is 13.2. The number of halogens is 1. The van der Waals surface area contributed by atoms with Crippen LogP contribution in [0.4, 0.5) is 10.1 Å². The SMILES string of the molecule is O=C(Nc1ccccc1-c1nc2ccccc2[nH]1)C1CCCN(S(=O)(=O)c2ccc(F)cc2)C1. The minimum atomic E-state index is -3.81. The lowest BCUT2D eigenvalue weighted by Crippen LogP contribution is -2.43. The Hall–Kier alpha value is -3.56. The number of aromatic nitrogens is 2. The monoisotopic (exact) mass is 478 g/mol. The van der Waals surface area contributed by atoms with E-state index >= 15 is 0 Å². The summed E-state index contributed by atoms with van der Waals surface area (Å²) in [5.41, 5.74) is 3.07. The van der Waals surface area contributed by atoms with E-state index in [1.54, 1.807) is 6.07 Å². The molecule has 0 saturated carbocycles. The maximum Gasteiger partial charge on any atom is 0.243 e. The number of hydrogen-bond acceptors (Lipinski definition) is 4. The molecule has 0 radical (unpaired) electrons. The zero-order valence-corrected chi connectivity index (χ0v) is 19.1. The van der Waals surface area contributed by atoms with Crippen LogP contribution in [0.15, 0.2) is 77.7 Å². The minimum Gasteiger partial charge on any atom is -0.338 e. The zero-order chi connectivity index (χ0) is 23.7. The molecule has 0 aliphatic carbocycles. The highest BCUT2D eigenvalue weighted by Gasteiger charge is 2.33. The van der Waals surface area contributed by atoms with Crippen LogP contribution in [0.1, 0.15) is 12.8 Å². The van der Waals surface area contributed by atoms with Crippen molar-refractivity contribution in [1.82, 2.24) is 14.3 Å². The molecule has 0 spiro atoms. The van der Waals surface area contributed by atoms with E-state index in [-0.39, 0.29) is 17.3 Å². The summed E-state index contributed by atoms with van der Waals surface area (Å²) in [4.78, 5) is 21.1. The number of para-hydroxylation sites is 3. The number of fused-ring (bicyclic) bond motifs is 1. The summed E-state index contributed by atoms with van der Waals surface area (Å²) in [6.07, 6.45) is 1.14. The standard InChI is InChI=1S/C25H23FN4O3S/c26-18-11-13-19(14-12-18)34(32,33)30-15-5-6-17(16-30)25(31)29-21-8-2-1-7-20(21)24-27-22-9-3-4-10-23(22)28-24/h1-4,7-14,17H,5-6,15-16H2,(H,27,28)(H,29,31). The molecule has 9 heteroatoms. The summed E-state index contributed by atoms with van der Waals surface area (Å²) in [6.45, 7) is 0.386. The van der Waals surface area contributed by atoms with Gasteiger partial charge in [-0.2, -0.15) is 4.31 Å². The number of nitrogens with zero attached hydrogens (tertiary/aromatic N) is 2. The number of hydrogen-bond donors (Lipinski definition) is 2. The molecule has 3 aromatic carbocycles. The zero-order valence-electron chi connectivity index (χ0n) is 18.2. The number of carbonyl (C=O) groups excluding carboxylic acids is 1. The van der Waals surface area contributed by atoms with E-state index in [1.807, 2.05) is 42.5 Å². The van der Waals surface area contributed by atoms with Crippen molar-refractivity contribution in [2.45, 2.75) is 17.7 Å². The molecule has 1 aromatic heterocycles. The molecule has 174 valence electrons. The molecule has 34 heavy (non-hydrogen) atoms. The van der Waals surface area contributed by atoms with Gasteiger partial charge in [-0.05, 0) is 61.4 Å². The highest BCUT2D eigenvalue weighted by Crippen LogP contribution is 2.29. The number of piperidine rings is 1. The van der Waals surface area contributed by atoms with Gasteiger partial charge >= 0.3 is 0 Å². The van der Waals surface area contributed by atoms with E-state index in [0.29, 0.717) is 30.9 Å². The lowest BCUT2D eigenvalue weighted by Gasteiger charge is -2.31. The number of imidazole rings is 1. The van der Waals surface area contributed by atoms with E-state index < -0.39 is 21.8 Å². The Bertz CT molecular complexity index is 1420. The lowest BCUT2D eigenvalue weighted by molar-refractivity contribution is -0.120. The first-order valence-electron chi connectivity index (χ1n) is 11.0. The quantitative estimate of drug-likeness (QED) is 0.444. The van der Waals surface area contributed by atoms with E-state index in [1.165, 1.54) is 16.4 Å². The molecule has 4 aromatic rings. The van der Waals surface area contributed by atoms with Crippen LogP contribution in [0.5, 0.6) is 0 Å². The number of anilines is 1. The van der Waals surface area contributed by atoms with Crippen LogP contribution in [0, 0.1) is 11.7 Å². The van der Waals surface area contributed by atoms with Gasteiger partial charge in [-0.1, -0.05) is 24.3 Å². The smallest absolute Gasteiger partial charge is 0.243 e. The largest absolute Gasteiger partial charge is 0.338 e. The topological polar surface area (TPSA) is 95.2 Å². The Morgan fingerprint density at radius 1 is 1.03 bits per heavy atom. The normalized spacial score (nSPS) is 17.0. The number of nitrogens with one attached hydrogen (secondary N) is 2. The van der Waals surface area contributed by atoms with Crippen molar-refractivity contribution in [3.63, 3.8) is 0 Å². The third-order valence-corrected chi connectivity index (χ3v) is 7.92. The number of sulfonamides is 1. The molecule has 1 atom stereocenters. The Kier molecular flexibility index (Phi) is 5.89. The minimum absolute atomic E-state index is 0.0187. The van der Waals surface area contributed by atoms with Crippen molar-refractivity contribution < 1.29 is 17.6 Å². The van der Waals surface area contributed by atoms with Gasteiger partial charge < -0.3 is 10.3 Å². The van der Waals surface area contributed by atoms with Crippen molar-refractivity contribution in [3.8, 4) is 11.4 Å². The van der Waals surface area contributed by atoms with Crippen LogP contribution >= 0.6 is 0 Å². The summed E-state index contributed by atoms with van der Waals surface area (Å²) in [7, 11) is -3.81. The van der Waals surface area contributed by atoms with Gasteiger partial charge in [-0.15, -0.1) is 0 Å². The molecule has 1 saturated heterocycles. The third kappa shape index (κ3) is 4.32. The first-order valence-corrected chi connectivity index (χ1v) is 12.5. The molecule has 0 bridgehead atoms. The highest BCUT2D eigenvalue weighted by atomic mass is 32.2. The molecule has 7 nitrogen and oxygen atoms in total. The second-order valence-electron chi connectivity index (χ2n) is 8.29.